The Hall–Kier alpha value is -1.94. The highest BCUT2D eigenvalue weighted by Crippen LogP contribution is 2.41. The molecule has 0 bridgehead atoms. The number of hydrogen-bond donors (Lipinski definition) is 1. The predicted octanol–water partition coefficient (Wildman–Crippen LogP) is 2.04. The van der Waals surface area contributed by atoms with E-state index in [4.69, 9.17) is 5.73 Å². The average Bonchev–Trinajstić information content (AvgIpc) is 3.28. The zero-order valence-corrected chi connectivity index (χ0v) is 11.9. The fraction of sp³-hybridized carbons (Fsp3) is 0.412. The van der Waals surface area contributed by atoms with Crippen LogP contribution in [-0.4, -0.2) is 34.9 Å². The lowest BCUT2D eigenvalue weighted by molar-refractivity contribution is 0.0779. The zero-order chi connectivity index (χ0) is 14.4. The van der Waals surface area contributed by atoms with Crippen molar-refractivity contribution in [2.45, 2.75) is 18.9 Å². The highest BCUT2D eigenvalue weighted by Gasteiger charge is 2.42. The van der Waals surface area contributed by atoms with Crippen LogP contribution >= 0.6 is 0 Å². The number of benzene rings is 1. The highest BCUT2D eigenvalue weighted by molar-refractivity contribution is 5.95. The van der Waals surface area contributed by atoms with Crippen LogP contribution in [0.3, 0.4) is 0 Å². The van der Waals surface area contributed by atoms with Crippen LogP contribution in [0.4, 0.5) is 0 Å². The maximum absolute atomic E-state index is 12.6. The Morgan fingerprint density at radius 3 is 2.76 bits per heavy atom. The second kappa shape index (κ2) is 4.81. The van der Waals surface area contributed by atoms with E-state index in [1.54, 1.807) is 0 Å². The van der Waals surface area contributed by atoms with E-state index in [2.05, 4.69) is 4.98 Å². The van der Waals surface area contributed by atoms with Gasteiger partial charge in [-0.25, -0.2) is 4.98 Å². The summed E-state index contributed by atoms with van der Waals surface area (Å²) in [5.74, 6) is 1.23. The molecular formula is C17H19N3O. The SMILES string of the molecule is NC1CN(C(=O)c2ccc3ccccc3n2)CC1C1CC1. The van der Waals surface area contributed by atoms with Gasteiger partial charge in [0.25, 0.3) is 5.91 Å². The number of hydrogen-bond acceptors (Lipinski definition) is 3. The summed E-state index contributed by atoms with van der Waals surface area (Å²) in [6.07, 6.45) is 2.54. The molecule has 1 aliphatic heterocycles. The maximum Gasteiger partial charge on any atom is 0.272 e. The van der Waals surface area contributed by atoms with Crippen LogP contribution < -0.4 is 5.73 Å². The van der Waals surface area contributed by atoms with Gasteiger partial charge in [-0.15, -0.1) is 0 Å². The van der Waals surface area contributed by atoms with Crippen molar-refractivity contribution in [3.63, 3.8) is 0 Å². The van der Waals surface area contributed by atoms with Crippen LogP contribution in [0.1, 0.15) is 23.3 Å². The van der Waals surface area contributed by atoms with Gasteiger partial charge >= 0.3 is 0 Å². The quantitative estimate of drug-likeness (QED) is 0.916. The Morgan fingerprint density at radius 2 is 1.95 bits per heavy atom. The molecule has 0 spiro atoms. The van der Waals surface area contributed by atoms with Gasteiger partial charge in [0.1, 0.15) is 5.69 Å². The second-order valence-electron chi connectivity index (χ2n) is 6.26. The molecule has 21 heavy (non-hydrogen) atoms. The number of pyridine rings is 1. The number of nitrogens with zero attached hydrogens (tertiary/aromatic N) is 2. The molecule has 2 aliphatic rings. The van der Waals surface area contributed by atoms with Gasteiger partial charge < -0.3 is 10.6 Å². The number of carbonyl (C=O) groups is 1. The Morgan fingerprint density at radius 1 is 1.14 bits per heavy atom. The van der Waals surface area contributed by atoms with Gasteiger partial charge in [0.2, 0.25) is 0 Å². The summed E-state index contributed by atoms with van der Waals surface area (Å²) < 4.78 is 0. The molecule has 108 valence electrons. The monoisotopic (exact) mass is 281 g/mol. The number of nitrogens with two attached hydrogens (primary N) is 1. The maximum atomic E-state index is 12.6. The first-order valence-corrected chi connectivity index (χ1v) is 7.63. The summed E-state index contributed by atoms with van der Waals surface area (Å²) in [7, 11) is 0. The molecule has 1 saturated carbocycles. The van der Waals surface area contributed by atoms with Gasteiger partial charge in [-0.2, -0.15) is 0 Å². The summed E-state index contributed by atoms with van der Waals surface area (Å²) in [5, 5.41) is 1.06. The number of amides is 1. The molecule has 1 aromatic carbocycles. The minimum absolute atomic E-state index is 0.0133. The first-order chi connectivity index (χ1) is 10.2. The van der Waals surface area contributed by atoms with Gasteiger partial charge in [-0.3, -0.25) is 4.79 Å². The summed E-state index contributed by atoms with van der Waals surface area (Å²) in [6.45, 7) is 1.45. The van der Waals surface area contributed by atoms with Gasteiger partial charge in [0.15, 0.2) is 0 Å². The van der Waals surface area contributed by atoms with Gasteiger partial charge in [0, 0.05) is 24.5 Å². The van der Waals surface area contributed by atoms with Crippen LogP contribution in [0.15, 0.2) is 36.4 Å². The number of fused-ring (bicyclic) bond motifs is 1. The molecule has 2 unspecified atom stereocenters. The molecule has 4 heteroatoms. The topological polar surface area (TPSA) is 59.2 Å². The van der Waals surface area contributed by atoms with Gasteiger partial charge in [0.05, 0.1) is 5.52 Å². The zero-order valence-electron chi connectivity index (χ0n) is 11.9. The summed E-state index contributed by atoms with van der Waals surface area (Å²) in [5.41, 5.74) is 7.59. The van der Waals surface area contributed by atoms with Crippen molar-refractivity contribution < 1.29 is 4.79 Å². The molecule has 2 N–H and O–H groups in total. The number of aromatic nitrogens is 1. The van der Waals surface area contributed by atoms with Crippen molar-refractivity contribution in [3.8, 4) is 0 Å². The van der Waals surface area contributed by atoms with Crippen LogP contribution in [0.2, 0.25) is 0 Å². The van der Waals surface area contributed by atoms with E-state index < -0.39 is 0 Å². The van der Waals surface area contributed by atoms with Crippen molar-refractivity contribution in [1.29, 1.82) is 0 Å². The third kappa shape index (κ3) is 2.29. The van der Waals surface area contributed by atoms with Crippen molar-refractivity contribution in [1.82, 2.24) is 9.88 Å². The summed E-state index contributed by atoms with van der Waals surface area (Å²) in [4.78, 5) is 19.0. The molecule has 1 aliphatic carbocycles. The normalized spacial score (nSPS) is 25.5. The fourth-order valence-corrected chi connectivity index (χ4v) is 3.39. The Bertz CT molecular complexity index is 695. The first-order valence-electron chi connectivity index (χ1n) is 7.63. The van der Waals surface area contributed by atoms with E-state index in [1.165, 1.54) is 12.8 Å². The van der Waals surface area contributed by atoms with E-state index in [9.17, 15) is 4.79 Å². The van der Waals surface area contributed by atoms with E-state index in [0.29, 0.717) is 18.2 Å². The minimum atomic E-state index is 0.0133. The molecule has 2 atom stereocenters. The lowest BCUT2D eigenvalue weighted by Gasteiger charge is -2.16. The van der Waals surface area contributed by atoms with E-state index in [1.807, 2.05) is 41.3 Å². The molecule has 2 heterocycles. The third-order valence-electron chi connectivity index (χ3n) is 4.74. The van der Waals surface area contributed by atoms with Gasteiger partial charge in [-0.1, -0.05) is 24.3 Å². The van der Waals surface area contributed by atoms with Crippen molar-refractivity contribution in [3.05, 3.63) is 42.1 Å². The minimum Gasteiger partial charge on any atom is -0.335 e. The van der Waals surface area contributed by atoms with Crippen LogP contribution in [-0.2, 0) is 0 Å². The Labute approximate surface area is 124 Å². The summed E-state index contributed by atoms with van der Waals surface area (Å²) in [6, 6.07) is 11.8. The van der Waals surface area contributed by atoms with E-state index in [0.717, 1.165) is 23.4 Å². The molecule has 0 radical (unpaired) electrons. The molecule has 4 nitrogen and oxygen atoms in total. The number of rotatable bonds is 2. The first kappa shape index (κ1) is 12.8. The number of carbonyl (C=O) groups excluding carboxylic acids is 1. The molecule has 4 rings (SSSR count). The van der Waals surface area contributed by atoms with E-state index >= 15 is 0 Å². The van der Waals surface area contributed by atoms with Crippen LogP contribution in [0, 0.1) is 11.8 Å². The molecule has 2 aromatic rings. The molecule has 1 amide bonds. The molecule has 1 saturated heterocycles. The highest BCUT2D eigenvalue weighted by atomic mass is 16.2. The Kier molecular flexibility index (Phi) is 2.93. The van der Waals surface area contributed by atoms with Crippen molar-refractivity contribution >= 4 is 16.8 Å². The van der Waals surface area contributed by atoms with Crippen LogP contribution in [0.5, 0.6) is 0 Å². The Balaban J connectivity index is 1.58. The van der Waals surface area contributed by atoms with Crippen molar-refractivity contribution in [2.75, 3.05) is 13.1 Å². The lowest BCUT2D eigenvalue weighted by atomic mass is 9.99. The lowest BCUT2D eigenvalue weighted by Crippen LogP contribution is -2.32. The van der Waals surface area contributed by atoms with Crippen molar-refractivity contribution in [2.24, 2.45) is 17.6 Å². The average molecular weight is 281 g/mol. The summed E-state index contributed by atoms with van der Waals surface area (Å²) >= 11 is 0. The van der Waals surface area contributed by atoms with Crippen LogP contribution in [0.25, 0.3) is 10.9 Å². The number of para-hydroxylation sites is 1. The predicted molar refractivity (Wildman–Crippen MR) is 81.8 cm³/mol. The third-order valence-corrected chi connectivity index (χ3v) is 4.74. The second-order valence-corrected chi connectivity index (χ2v) is 6.26. The molecule has 2 fully saturated rings. The smallest absolute Gasteiger partial charge is 0.272 e. The van der Waals surface area contributed by atoms with Gasteiger partial charge in [-0.05, 0) is 36.8 Å². The fourth-order valence-electron chi connectivity index (χ4n) is 3.39. The number of likely N-dealkylation sites (tertiary alicyclic amines) is 1. The van der Waals surface area contributed by atoms with E-state index in [-0.39, 0.29) is 11.9 Å². The largest absolute Gasteiger partial charge is 0.335 e. The molecule has 1 aromatic heterocycles. The standard InChI is InChI=1S/C17H19N3O/c18-14-10-20(9-13(14)11-5-6-11)17(21)16-8-7-12-3-1-2-4-15(12)19-16/h1-4,7-8,11,13-14H,5-6,9-10,18H2. The molecular weight excluding hydrogens is 262 g/mol.